The predicted molar refractivity (Wildman–Crippen MR) is 108 cm³/mol. The molecule has 2 aromatic carbocycles. The van der Waals surface area contributed by atoms with Crippen LogP contribution in [0.15, 0.2) is 60.7 Å². The van der Waals surface area contributed by atoms with E-state index in [0.29, 0.717) is 17.1 Å². The van der Waals surface area contributed by atoms with Crippen LogP contribution >= 0.6 is 0 Å². The van der Waals surface area contributed by atoms with Crippen molar-refractivity contribution in [2.75, 3.05) is 19.5 Å². The van der Waals surface area contributed by atoms with Crippen molar-refractivity contribution in [3.8, 4) is 11.4 Å². The number of ether oxygens (including phenoxy) is 2. The Bertz CT molecular complexity index is 1040. The summed E-state index contributed by atoms with van der Waals surface area (Å²) >= 11 is 0. The molecule has 0 spiro atoms. The summed E-state index contributed by atoms with van der Waals surface area (Å²) in [6, 6.07) is 15.3. The fourth-order valence-corrected chi connectivity index (χ4v) is 3.07. The second-order valence-electron chi connectivity index (χ2n) is 6.64. The lowest BCUT2D eigenvalue weighted by Gasteiger charge is -2.37. The quantitative estimate of drug-likeness (QED) is 0.564. The Hall–Kier alpha value is -3.69. The minimum atomic E-state index is -4.96. The highest BCUT2D eigenvalue weighted by Gasteiger charge is 2.58. The van der Waals surface area contributed by atoms with E-state index in [1.165, 1.54) is 42.1 Å². The number of hydrogen-bond acceptors (Lipinski definition) is 5. The molecule has 1 heterocycles. The van der Waals surface area contributed by atoms with Crippen molar-refractivity contribution in [2.24, 2.45) is 0 Å². The molecule has 0 aliphatic rings. The van der Waals surface area contributed by atoms with Crippen molar-refractivity contribution in [1.82, 2.24) is 15.1 Å². The molecule has 164 valence electrons. The minimum absolute atomic E-state index is 0.0215. The topological polar surface area (TPSA) is 77.4 Å². The normalized spacial score (nSPS) is 13.2. The second kappa shape index (κ2) is 8.58. The second-order valence-corrected chi connectivity index (χ2v) is 6.64. The van der Waals surface area contributed by atoms with Crippen LogP contribution in [0.1, 0.15) is 11.3 Å². The standard InChI is InChI=1S/C21H21F3N4O3/c1-14-13-18(28(27-14)16-7-5-4-6-8-16)25-20(21(22,23)24,26-19(29)31-3)15-9-11-17(30-2)12-10-15/h4-13,25H,1-3H3,(H,26,29). The lowest BCUT2D eigenvalue weighted by Crippen LogP contribution is -2.61. The summed E-state index contributed by atoms with van der Waals surface area (Å²) in [5.41, 5.74) is -2.26. The molecule has 3 aromatic rings. The lowest BCUT2D eigenvalue weighted by atomic mass is 9.98. The van der Waals surface area contributed by atoms with Crippen LogP contribution in [0.25, 0.3) is 5.69 Å². The zero-order valence-electron chi connectivity index (χ0n) is 17.0. The lowest BCUT2D eigenvalue weighted by molar-refractivity contribution is -0.189. The maximum absolute atomic E-state index is 14.6. The van der Waals surface area contributed by atoms with Gasteiger partial charge >= 0.3 is 12.3 Å². The molecule has 31 heavy (non-hydrogen) atoms. The molecule has 0 aliphatic carbocycles. The molecule has 0 saturated carbocycles. The van der Waals surface area contributed by atoms with Gasteiger partial charge in [0.05, 0.1) is 25.6 Å². The van der Waals surface area contributed by atoms with Crippen LogP contribution < -0.4 is 15.4 Å². The van der Waals surface area contributed by atoms with E-state index in [2.05, 4.69) is 15.2 Å². The van der Waals surface area contributed by atoms with Crippen LogP contribution in [0.2, 0.25) is 0 Å². The fraction of sp³-hybridized carbons (Fsp3) is 0.238. The first-order valence-electron chi connectivity index (χ1n) is 9.18. The van der Waals surface area contributed by atoms with Gasteiger partial charge in [0.1, 0.15) is 11.6 Å². The molecule has 0 fully saturated rings. The summed E-state index contributed by atoms with van der Waals surface area (Å²) in [4.78, 5) is 12.0. The van der Waals surface area contributed by atoms with Gasteiger partial charge in [-0.2, -0.15) is 18.3 Å². The number of carbonyl (C=O) groups excluding carboxylic acids is 1. The molecule has 1 unspecified atom stereocenters. The highest BCUT2D eigenvalue weighted by Crippen LogP contribution is 2.41. The van der Waals surface area contributed by atoms with Gasteiger partial charge in [-0.25, -0.2) is 9.48 Å². The maximum atomic E-state index is 14.6. The molecular formula is C21H21F3N4O3. The summed E-state index contributed by atoms with van der Waals surface area (Å²) in [5, 5.41) is 8.68. The summed E-state index contributed by atoms with van der Waals surface area (Å²) in [6.07, 6.45) is -6.22. The number of aromatic nitrogens is 2. The van der Waals surface area contributed by atoms with E-state index in [1.54, 1.807) is 37.3 Å². The number of hydrogen-bond donors (Lipinski definition) is 2. The van der Waals surface area contributed by atoms with Gasteiger partial charge in [-0.05, 0) is 31.2 Å². The van der Waals surface area contributed by atoms with Crippen LogP contribution in [0.5, 0.6) is 5.75 Å². The Morgan fingerprint density at radius 1 is 1.03 bits per heavy atom. The van der Waals surface area contributed by atoms with Crippen molar-refractivity contribution in [3.63, 3.8) is 0 Å². The van der Waals surface area contributed by atoms with Crippen LogP contribution in [-0.4, -0.2) is 36.3 Å². The first-order valence-corrected chi connectivity index (χ1v) is 9.18. The number of halogens is 3. The van der Waals surface area contributed by atoms with E-state index >= 15 is 0 Å². The average molecular weight is 434 g/mol. The first-order chi connectivity index (χ1) is 14.7. The molecule has 0 aliphatic heterocycles. The van der Waals surface area contributed by atoms with E-state index in [4.69, 9.17) is 4.74 Å². The number of alkyl halides is 3. The summed E-state index contributed by atoms with van der Waals surface area (Å²) in [7, 11) is 2.39. The third-order valence-electron chi connectivity index (χ3n) is 4.57. The van der Waals surface area contributed by atoms with Gasteiger partial charge in [0, 0.05) is 11.6 Å². The molecule has 1 atom stereocenters. The van der Waals surface area contributed by atoms with Gasteiger partial charge in [-0.3, -0.25) is 5.32 Å². The van der Waals surface area contributed by atoms with E-state index in [-0.39, 0.29) is 11.4 Å². The van der Waals surface area contributed by atoms with Crippen LogP contribution in [0.3, 0.4) is 0 Å². The summed E-state index contributed by atoms with van der Waals surface area (Å²) in [5.74, 6) is 0.385. The molecule has 0 radical (unpaired) electrons. The summed E-state index contributed by atoms with van der Waals surface area (Å²) < 4.78 is 54.6. The van der Waals surface area contributed by atoms with Crippen LogP contribution in [0.4, 0.5) is 23.8 Å². The molecule has 3 rings (SSSR count). The predicted octanol–water partition coefficient (Wildman–Crippen LogP) is 4.37. The van der Waals surface area contributed by atoms with E-state index in [0.717, 1.165) is 7.11 Å². The molecule has 2 N–H and O–H groups in total. The molecule has 7 nitrogen and oxygen atoms in total. The van der Waals surface area contributed by atoms with Gasteiger partial charge < -0.3 is 14.8 Å². The Kier molecular flexibility index (Phi) is 6.09. The zero-order chi connectivity index (χ0) is 22.6. The third-order valence-corrected chi connectivity index (χ3v) is 4.57. The van der Waals surface area contributed by atoms with Crippen LogP contribution in [0, 0.1) is 6.92 Å². The van der Waals surface area contributed by atoms with E-state index < -0.39 is 17.9 Å². The maximum Gasteiger partial charge on any atom is 0.435 e. The van der Waals surface area contributed by atoms with Crippen molar-refractivity contribution in [1.29, 1.82) is 0 Å². The Morgan fingerprint density at radius 2 is 1.68 bits per heavy atom. The summed E-state index contributed by atoms with van der Waals surface area (Å²) in [6.45, 7) is 1.65. The number of nitrogens with one attached hydrogen (secondary N) is 2. The van der Waals surface area contributed by atoms with E-state index in [1.807, 2.05) is 5.32 Å². The first kappa shape index (κ1) is 22.0. The van der Waals surface area contributed by atoms with Gasteiger partial charge in [-0.1, -0.05) is 30.3 Å². The number of methoxy groups -OCH3 is 2. The number of alkyl carbamates (subject to hydrolysis) is 1. The smallest absolute Gasteiger partial charge is 0.435 e. The van der Waals surface area contributed by atoms with Crippen LogP contribution in [-0.2, 0) is 10.4 Å². The van der Waals surface area contributed by atoms with Gasteiger partial charge in [0.15, 0.2) is 0 Å². The number of amides is 1. The zero-order valence-corrected chi connectivity index (χ0v) is 17.0. The average Bonchev–Trinajstić information content (AvgIpc) is 3.12. The highest BCUT2D eigenvalue weighted by atomic mass is 19.4. The number of rotatable bonds is 6. The largest absolute Gasteiger partial charge is 0.497 e. The molecular weight excluding hydrogens is 413 g/mol. The Morgan fingerprint density at radius 3 is 2.23 bits per heavy atom. The molecule has 1 aromatic heterocycles. The fourth-order valence-electron chi connectivity index (χ4n) is 3.07. The van der Waals surface area contributed by atoms with Crippen molar-refractivity contribution >= 4 is 11.9 Å². The minimum Gasteiger partial charge on any atom is -0.497 e. The number of anilines is 1. The van der Waals surface area contributed by atoms with Gasteiger partial charge in [-0.15, -0.1) is 0 Å². The Labute approximate surface area is 176 Å². The van der Waals surface area contributed by atoms with E-state index in [9.17, 15) is 18.0 Å². The Balaban J connectivity index is 2.18. The number of nitrogens with zero attached hydrogens (tertiary/aromatic N) is 2. The number of carbonyl (C=O) groups is 1. The van der Waals surface area contributed by atoms with Crippen molar-refractivity contribution in [2.45, 2.75) is 18.8 Å². The monoisotopic (exact) mass is 434 g/mol. The molecule has 10 heteroatoms. The number of para-hydroxylation sites is 1. The third kappa shape index (κ3) is 4.42. The van der Waals surface area contributed by atoms with Gasteiger partial charge in [0.25, 0.3) is 0 Å². The van der Waals surface area contributed by atoms with Crippen molar-refractivity contribution < 1.29 is 27.4 Å². The SMILES string of the molecule is COC(=O)NC(Nc1cc(C)nn1-c1ccccc1)(c1ccc(OC)cc1)C(F)(F)F. The molecule has 0 saturated heterocycles. The van der Waals surface area contributed by atoms with Crippen molar-refractivity contribution in [3.05, 3.63) is 71.9 Å². The van der Waals surface area contributed by atoms with Gasteiger partial charge in [0.2, 0.25) is 5.66 Å². The number of aryl methyl sites for hydroxylation is 1. The molecule has 1 amide bonds. The molecule has 0 bridgehead atoms. The highest BCUT2D eigenvalue weighted by molar-refractivity contribution is 5.70. The number of benzene rings is 2.